The minimum absolute atomic E-state index is 0.0764. The summed E-state index contributed by atoms with van der Waals surface area (Å²) < 4.78 is 5.36. The Labute approximate surface area is 155 Å². The fourth-order valence-corrected chi connectivity index (χ4v) is 2.75. The number of rotatable bonds is 6. The van der Waals surface area contributed by atoms with Gasteiger partial charge in [0.25, 0.3) is 11.6 Å². The van der Waals surface area contributed by atoms with Crippen LogP contribution in [-0.4, -0.2) is 28.6 Å². The molecule has 0 aliphatic carbocycles. The van der Waals surface area contributed by atoms with Gasteiger partial charge in [-0.1, -0.05) is 12.1 Å². The predicted molar refractivity (Wildman–Crippen MR) is 102 cm³/mol. The van der Waals surface area contributed by atoms with Crippen LogP contribution in [0, 0.1) is 17.0 Å². The zero-order valence-electron chi connectivity index (χ0n) is 14.9. The number of non-ortho nitro benzene ring substituents is 1. The third-order valence-electron chi connectivity index (χ3n) is 4.07. The smallest absolute Gasteiger partial charge is 0.293 e. The topological polar surface area (TPSA) is 110 Å². The average molecular weight is 366 g/mol. The van der Waals surface area contributed by atoms with Crippen LogP contribution in [0.5, 0.6) is 5.75 Å². The quantitative estimate of drug-likeness (QED) is 0.395. The summed E-state index contributed by atoms with van der Waals surface area (Å²) in [6.45, 7) is 4.23. The number of hydrogen-bond acceptors (Lipinski definition) is 5. The molecule has 0 spiro atoms. The van der Waals surface area contributed by atoms with Crippen LogP contribution in [0.25, 0.3) is 10.9 Å². The summed E-state index contributed by atoms with van der Waals surface area (Å²) >= 11 is 0. The molecule has 138 valence electrons. The van der Waals surface area contributed by atoms with Gasteiger partial charge in [0.2, 0.25) is 0 Å². The van der Waals surface area contributed by atoms with E-state index < -0.39 is 10.8 Å². The normalized spacial score (nSPS) is 11.0. The van der Waals surface area contributed by atoms with Crippen molar-refractivity contribution in [3.8, 4) is 5.75 Å². The number of nitro benzene ring substituents is 1. The van der Waals surface area contributed by atoms with Crippen molar-refractivity contribution >= 4 is 28.7 Å². The van der Waals surface area contributed by atoms with Crippen LogP contribution in [0.4, 0.5) is 5.69 Å². The first-order valence-corrected chi connectivity index (χ1v) is 8.33. The Morgan fingerprint density at radius 1 is 1.30 bits per heavy atom. The van der Waals surface area contributed by atoms with E-state index in [0.29, 0.717) is 23.1 Å². The average Bonchev–Trinajstić information content (AvgIpc) is 3.00. The highest BCUT2D eigenvalue weighted by Gasteiger charge is 2.20. The Balaban J connectivity index is 1.77. The van der Waals surface area contributed by atoms with E-state index in [1.54, 1.807) is 19.1 Å². The van der Waals surface area contributed by atoms with E-state index in [9.17, 15) is 14.9 Å². The number of fused-ring (bicyclic) bond motifs is 1. The van der Waals surface area contributed by atoms with Crippen LogP contribution in [0.15, 0.2) is 47.6 Å². The first-order valence-electron chi connectivity index (χ1n) is 8.33. The number of hydrazone groups is 1. The van der Waals surface area contributed by atoms with E-state index >= 15 is 0 Å². The summed E-state index contributed by atoms with van der Waals surface area (Å²) in [6.07, 6.45) is 1.51. The monoisotopic (exact) mass is 366 g/mol. The molecular weight excluding hydrogens is 348 g/mol. The highest BCUT2D eigenvalue weighted by molar-refractivity contribution is 6.03. The predicted octanol–water partition coefficient (Wildman–Crippen LogP) is 3.55. The summed E-state index contributed by atoms with van der Waals surface area (Å²) in [6, 6.07) is 12.0. The molecule has 2 aromatic carbocycles. The van der Waals surface area contributed by atoms with Gasteiger partial charge in [0, 0.05) is 11.5 Å². The Hall–Kier alpha value is -3.68. The van der Waals surface area contributed by atoms with E-state index in [2.05, 4.69) is 15.5 Å². The minimum atomic E-state index is -0.482. The molecule has 0 unspecified atom stereocenters. The second-order valence-corrected chi connectivity index (χ2v) is 5.78. The molecule has 0 bridgehead atoms. The van der Waals surface area contributed by atoms with Gasteiger partial charge in [0.05, 0.1) is 17.7 Å². The van der Waals surface area contributed by atoms with Gasteiger partial charge < -0.3 is 9.72 Å². The number of nitrogens with one attached hydrogen (secondary N) is 2. The molecule has 0 saturated heterocycles. The van der Waals surface area contributed by atoms with Gasteiger partial charge in [-0.2, -0.15) is 5.10 Å². The van der Waals surface area contributed by atoms with Crippen molar-refractivity contribution in [2.75, 3.05) is 6.61 Å². The summed E-state index contributed by atoms with van der Waals surface area (Å²) in [5.74, 6) is 0.286. The molecule has 3 aromatic rings. The van der Waals surface area contributed by atoms with Crippen molar-refractivity contribution in [1.82, 2.24) is 10.4 Å². The van der Waals surface area contributed by atoms with Crippen molar-refractivity contribution in [1.29, 1.82) is 0 Å². The third kappa shape index (κ3) is 3.79. The molecule has 0 aliphatic rings. The number of para-hydroxylation sites is 1. The molecule has 1 aromatic heterocycles. The summed E-state index contributed by atoms with van der Waals surface area (Å²) in [7, 11) is 0. The maximum atomic E-state index is 12.4. The molecule has 8 nitrogen and oxygen atoms in total. The lowest BCUT2D eigenvalue weighted by Gasteiger charge is -2.02. The van der Waals surface area contributed by atoms with Gasteiger partial charge >= 0.3 is 0 Å². The number of nitro groups is 1. The highest BCUT2D eigenvalue weighted by atomic mass is 16.6. The number of hydrogen-bond donors (Lipinski definition) is 2. The van der Waals surface area contributed by atoms with E-state index in [0.717, 1.165) is 11.3 Å². The number of ether oxygens (including phenoxy) is 1. The number of benzene rings is 2. The summed E-state index contributed by atoms with van der Waals surface area (Å²) in [4.78, 5) is 25.9. The first-order chi connectivity index (χ1) is 13.0. The fraction of sp³-hybridized carbons (Fsp3) is 0.158. The largest absolute Gasteiger partial charge is 0.494 e. The SMILES string of the molecule is CCOc1ccc(/C=N/NC(=O)c2[nH]c3c([N+](=O)[O-])cccc3c2C)cc1. The van der Waals surface area contributed by atoms with Gasteiger partial charge in [-0.05, 0) is 49.2 Å². The number of carbonyl (C=O) groups excluding carboxylic acids is 1. The number of aromatic nitrogens is 1. The number of amides is 1. The Morgan fingerprint density at radius 3 is 2.70 bits per heavy atom. The second-order valence-electron chi connectivity index (χ2n) is 5.78. The molecule has 1 amide bonds. The molecule has 27 heavy (non-hydrogen) atoms. The first kappa shape index (κ1) is 18.1. The van der Waals surface area contributed by atoms with Crippen LogP contribution >= 0.6 is 0 Å². The summed E-state index contributed by atoms with van der Waals surface area (Å²) in [5, 5.41) is 15.7. The van der Waals surface area contributed by atoms with Crippen molar-refractivity contribution in [2.45, 2.75) is 13.8 Å². The molecule has 0 saturated carbocycles. The molecule has 0 fully saturated rings. The molecule has 2 N–H and O–H groups in total. The second kappa shape index (κ2) is 7.69. The molecule has 1 heterocycles. The van der Waals surface area contributed by atoms with E-state index in [1.807, 2.05) is 31.2 Å². The number of nitrogens with zero attached hydrogens (tertiary/aromatic N) is 2. The molecular formula is C19H18N4O4. The molecule has 0 aliphatic heterocycles. The molecule has 0 atom stereocenters. The van der Waals surface area contributed by atoms with Crippen molar-refractivity contribution in [2.24, 2.45) is 5.10 Å². The van der Waals surface area contributed by atoms with E-state index in [-0.39, 0.29) is 11.4 Å². The lowest BCUT2D eigenvalue weighted by atomic mass is 10.1. The number of carbonyl (C=O) groups is 1. The third-order valence-corrected chi connectivity index (χ3v) is 4.07. The Morgan fingerprint density at radius 2 is 2.04 bits per heavy atom. The van der Waals surface area contributed by atoms with Crippen LogP contribution in [0.1, 0.15) is 28.5 Å². The number of aromatic amines is 1. The van der Waals surface area contributed by atoms with Crippen LogP contribution in [-0.2, 0) is 0 Å². The minimum Gasteiger partial charge on any atom is -0.494 e. The molecule has 8 heteroatoms. The van der Waals surface area contributed by atoms with Crippen molar-refractivity contribution in [3.05, 3.63) is 69.4 Å². The van der Waals surface area contributed by atoms with Crippen molar-refractivity contribution in [3.63, 3.8) is 0 Å². The zero-order chi connectivity index (χ0) is 19.4. The van der Waals surface area contributed by atoms with Gasteiger partial charge in [-0.3, -0.25) is 14.9 Å². The summed E-state index contributed by atoms with van der Waals surface area (Å²) in [5.41, 5.74) is 4.34. The van der Waals surface area contributed by atoms with Gasteiger partial charge in [0.15, 0.2) is 0 Å². The lowest BCUT2D eigenvalue weighted by molar-refractivity contribution is -0.383. The van der Waals surface area contributed by atoms with Crippen molar-refractivity contribution < 1.29 is 14.5 Å². The maximum absolute atomic E-state index is 12.4. The van der Waals surface area contributed by atoms with E-state index in [4.69, 9.17) is 4.74 Å². The number of aryl methyl sites for hydroxylation is 1. The molecule has 3 rings (SSSR count). The number of H-pyrrole nitrogens is 1. The van der Waals surface area contributed by atoms with E-state index in [1.165, 1.54) is 12.3 Å². The lowest BCUT2D eigenvalue weighted by Crippen LogP contribution is -2.19. The van der Waals surface area contributed by atoms with Crippen LogP contribution in [0.2, 0.25) is 0 Å². The fourth-order valence-electron chi connectivity index (χ4n) is 2.75. The Bertz CT molecular complexity index is 1020. The standard InChI is InChI=1S/C19H18N4O4/c1-3-27-14-9-7-13(8-10-14)11-20-22-19(24)17-12(2)15-5-4-6-16(23(25)26)18(15)21-17/h4-11,21H,3H2,1-2H3,(H,22,24)/b20-11+. The highest BCUT2D eigenvalue weighted by Crippen LogP contribution is 2.29. The van der Waals surface area contributed by atoms with Gasteiger partial charge in [-0.15, -0.1) is 0 Å². The molecule has 0 radical (unpaired) electrons. The van der Waals surface area contributed by atoms with Gasteiger partial charge in [-0.25, -0.2) is 5.43 Å². The zero-order valence-corrected chi connectivity index (χ0v) is 14.9. The maximum Gasteiger partial charge on any atom is 0.293 e. The Kier molecular flexibility index (Phi) is 5.16. The van der Waals surface area contributed by atoms with Crippen LogP contribution in [0.3, 0.4) is 0 Å². The van der Waals surface area contributed by atoms with Gasteiger partial charge in [0.1, 0.15) is 17.0 Å². The van der Waals surface area contributed by atoms with Crippen LogP contribution < -0.4 is 10.2 Å².